The summed E-state index contributed by atoms with van der Waals surface area (Å²) in [7, 11) is 0. The number of nitrogen functional groups attached to an aromatic ring is 1. The fourth-order valence-electron chi connectivity index (χ4n) is 7.23. The van der Waals surface area contributed by atoms with Crippen molar-refractivity contribution in [3.05, 3.63) is 118 Å². The molecule has 2 aliphatic heterocycles. The Morgan fingerprint density at radius 3 is 2.61 bits per heavy atom. The van der Waals surface area contributed by atoms with Crippen LogP contribution in [0.4, 0.5) is 26.0 Å². The highest BCUT2D eigenvalue weighted by Crippen LogP contribution is 2.39. The first-order valence-electron chi connectivity index (χ1n) is 17.6. The van der Waals surface area contributed by atoms with Gasteiger partial charge in [-0.15, -0.1) is 11.3 Å². The molecule has 0 unspecified atom stereocenters. The predicted molar refractivity (Wildman–Crippen MR) is 200 cm³/mol. The van der Waals surface area contributed by atoms with Gasteiger partial charge < -0.3 is 30.7 Å². The number of nitrogens with zero attached hydrogens (tertiary/aromatic N) is 7. The Bertz CT molecular complexity index is 2360. The Kier molecular flexibility index (Phi) is 9.56. The first-order chi connectivity index (χ1) is 26.1. The SMILES string of the molecule is Nc1nc2sc(CNC3CCN(C(=O)C[C@](O)(Cn4cncn4)c4ccc(F)cc4F)CC3)cc2n(-c2ccc3c(c2)N(c2ccccc2)CCO3)c1=O. The smallest absolute Gasteiger partial charge is 0.298 e. The van der Waals surface area contributed by atoms with E-state index in [1.54, 1.807) is 9.47 Å². The van der Waals surface area contributed by atoms with Crippen molar-refractivity contribution in [2.24, 2.45) is 0 Å². The first kappa shape index (κ1) is 35.3. The zero-order valence-electron chi connectivity index (χ0n) is 29.1. The Labute approximate surface area is 312 Å². The average Bonchev–Trinajstić information content (AvgIpc) is 3.84. The summed E-state index contributed by atoms with van der Waals surface area (Å²) in [6.45, 7) is 2.32. The van der Waals surface area contributed by atoms with Gasteiger partial charge in [-0.25, -0.2) is 23.4 Å². The molecule has 54 heavy (non-hydrogen) atoms. The molecule has 8 rings (SSSR count). The van der Waals surface area contributed by atoms with Gasteiger partial charge in [0, 0.05) is 47.9 Å². The van der Waals surface area contributed by atoms with E-state index in [-0.39, 0.29) is 29.9 Å². The van der Waals surface area contributed by atoms with Crippen LogP contribution < -0.4 is 26.2 Å². The minimum Gasteiger partial charge on any atom is -0.490 e. The highest BCUT2D eigenvalue weighted by Gasteiger charge is 2.38. The number of amides is 1. The molecule has 0 bridgehead atoms. The molecule has 13 nitrogen and oxygen atoms in total. The predicted octanol–water partition coefficient (Wildman–Crippen LogP) is 4.49. The number of rotatable bonds is 10. The van der Waals surface area contributed by atoms with Crippen molar-refractivity contribution in [3.63, 3.8) is 0 Å². The molecular formula is C38H37F2N9O4S. The Hall–Kier alpha value is -5.71. The molecule has 0 aliphatic carbocycles. The van der Waals surface area contributed by atoms with Crippen LogP contribution in [0, 0.1) is 11.6 Å². The van der Waals surface area contributed by atoms with Crippen LogP contribution in [0.1, 0.15) is 29.7 Å². The number of hydrogen-bond acceptors (Lipinski definition) is 11. The van der Waals surface area contributed by atoms with E-state index in [1.807, 2.05) is 54.6 Å². The van der Waals surface area contributed by atoms with E-state index < -0.39 is 29.2 Å². The molecular weight excluding hydrogens is 717 g/mol. The number of carbonyl (C=O) groups excluding carboxylic acids is 1. The van der Waals surface area contributed by atoms with Gasteiger partial charge in [-0.2, -0.15) is 5.10 Å². The molecule has 278 valence electrons. The second kappa shape index (κ2) is 14.6. The third kappa shape index (κ3) is 7.02. The van der Waals surface area contributed by atoms with Crippen molar-refractivity contribution in [2.75, 3.05) is 36.9 Å². The maximum absolute atomic E-state index is 14.9. The first-order valence-corrected chi connectivity index (χ1v) is 18.4. The number of aromatic nitrogens is 5. The van der Waals surface area contributed by atoms with E-state index >= 15 is 0 Å². The lowest BCUT2D eigenvalue weighted by Crippen LogP contribution is -2.47. The van der Waals surface area contributed by atoms with Crippen LogP contribution in [-0.4, -0.2) is 72.5 Å². The molecule has 0 spiro atoms. The quantitative estimate of drug-likeness (QED) is 0.182. The van der Waals surface area contributed by atoms with Crippen LogP contribution in [0.15, 0.2) is 90.2 Å². The van der Waals surface area contributed by atoms with Gasteiger partial charge in [-0.1, -0.05) is 24.3 Å². The van der Waals surface area contributed by atoms with Gasteiger partial charge in [0.1, 0.15) is 47.1 Å². The Morgan fingerprint density at radius 2 is 1.85 bits per heavy atom. The summed E-state index contributed by atoms with van der Waals surface area (Å²) in [5.41, 5.74) is 6.75. The molecule has 3 aromatic heterocycles. The van der Waals surface area contributed by atoms with Gasteiger partial charge in [0.05, 0.1) is 36.4 Å². The van der Waals surface area contributed by atoms with Crippen molar-refractivity contribution < 1.29 is 23.4 Å². The van der Waals surface area contributed by atoms with Crippen LogP contribution in [0.5, 0.6) is 5.75 Å². The lowest BCUT2D eigenvalue weighted by Gasteiger charge is -2.35. The fourth-order valence-corrected chi connectivity index (χ4v) is 8.21. The molecule has 16 heteroatoms. The summed E-state index contributed by atoms with van der Waals surface area (Å²) in [5.74, 6) is -1.45. The third-order valence-electron chi connectivity index (χ3n) is 9.94. The van der Waals surface area contributed by atoms with Gasteiger partial charge in [-0.3, -0.25) is 14.2 Å². The number of carbonyl (C=O) groups is 1. The highest BCUT2D eigenvalue weighted by molar-refractivity contribution is 7.18. The number of anilines is 3. The van der Waals surface area contributed by atoms with Crippen molar-refractivity contribution in [1.82, 2.24) is 34.5 Å². The standard InChI is InChI=1S/C38H37F2N9O4S/c39-24-6-8-29(30(40)16-24)38(52,21-47-23-42-22-44-47)19-34(50)46-12-10-25(11-13-46)43-20-28-18-32-36(54-28)45-35(41)37(51)49(32)27-7-9-33-31(17-27)48(14-15-53-33)26-4-2-1-3-5-26/h1-9,16-18,22-23,25,43,52H,10-15,19-21H2,(H2,41,45)/t38-/m0/s1. The molecule has 3 aromatic carbocycles. The van der Waals surface area contributed by atoms with Gasteiger partial charge in [-0.05, 0) is 55.3 Å². The molecule has 4 N–H and O–H groups in total. The number of likely N-dealkylation sites (tertiary alicyclic amines) is 1. The number of benzene rings is 3. The topological polar surface area (TPSA) is 157 Å². The van der Waals surface area contributed by atoms with E-state index in [9.17, 15) is 23.5 Å². The maximum Gasteiger partial charge on any atom is 0.298 e. The van der Waals surface area contributed by atoms with Crippen molar-refractivity contribution in [1.29, 1.82) is 0 Å². The second-order valence-corrected chi connectivity index (χ2v) is 14.6. The van der Waals surface area contributed by atoms with Gasteiger partial charge in [0.15, 0.2) is 5.82 Å². The minimum atomic E-state index is -1.98. The second-order valence-electron chi connectivity index (χ2n) is 13.5. The summed E-state index contributed by atoms with van der Waals surface area (Å²) < 4.78 is 37.4. The van der Waals surface area contributed by atoms with E-state index in [1.165, 1.54) is 28.7 Å². The van der Waals surface area contributed by atoms with Gasteiger partial charge in [0.25, 0.3) is 5.56 Å². The molecule has 1 amide bonds. The number of fused-ring (bicyclic) bond motifs is 2. The summed E-state index contributed by atoms with van der Waals surface area (Å²) in [6.07, 6.45) is 3.50. The highest BCUT2D eigenvalue weighted by atomic mass is 32.1. The van der Waals surface area contributed by atoms with Crippen LogP contribution >= 0.6 is 11.3 Å². The number of ether oxygens (including phenoxy) is 1. The summed E-state index contributed by atoms with van der Waals surface area (Å²) in [6, 6.07) is 20.6. The number of nitrogens with one attached hydrogen (secondary N) is 1. The monoisotopic (exact) mass is 753 g/mol. The van der Waals surface area contributed by atoms with Crippen LogP contribution in [0.25, 0.3) is 16.0 Å². The van der Waals surface area contributed by atoms with Crippen molar-refractivity contribution in [3.8, 4) is 11.4 Å². The number of thiophene rings is 1. The molecule has 0 radical (unpaired) electrons. The van der Waals surface area contributed by atoms with E-state index in [0.717, 1.165) is 34.1 Å². The minimum absolute atomic E-state index is 0.0904. The molecule has 1 atom stereocenters. The normalized spacial score (nSPS) is 15.9. The molecule has 0 saturated carbocycles. The summed E-state index contributed by atoms with van der Waals surface area (Å²) in [5, 5.41) is 19.2. The fraction of sp³-hybridized carbons (Fsp3) is 0.289. The zero-order chi connectivity index (χ0) is 37.4. The number of aliphatic hydroxyl groups is 1. The number of halogens is 2. The number of para-hydroxylation sites is 1. The molecule has 1 saturated heterocycles. The third-order valence-corrected chi connectivity index (χ3v) is 11.0. The molecule has 5 heterocycles. The van der Waals surface area contributed by atoms with Crippen molar-refractivity contribution in [2.45, 2.75) is 44.0 Å². The van der Waals surface area contributed by atoms with E-state index in [0.29, 0.717) is 67.7 Å². The number of hydrogen-bond donors (Lipinski definition) is 3. The van der Waals surface area contributed by atoms with Gasteiger partial charge >= 0.3 is 0 Å². The largest absolute Gasteiger partial charge is 0.490 e. The maximum atomic E-state index is 14.9. The number of nitrogens with two attached hydrogens (primary N) is 1. The average molecular weight is 754 g/mol. The zero-order valence-corrected chi connectivity index (χ0v) is 29.9. The lowest BCUT2D eigenvalue weighted by molar-refractivity contribution is -0.139. The lowest BCUT2D eigenvalue weighted by atomic mass is 9.88. The van der Waals surface area contributed by atoms with Gasteiger partial charge in [0.2, 0.25) is 5.91 Å². The van der Waals surface area contributed by atoms with Crippen LogP contribution in [-0.2, 0) is 23.5 Å². The molecule has 6 aromatic rings. The molecule has 1 fully saturated rings. The van der Waals surface area contributed by atoms with Crippen LogP contribution in [0.3, 0.4) is 0 Å². The van der Waals surface area contributed by atoms with Crippen LogP contribution in [0.2, 0.25) is 0 Å². The van der Waals surface area contributed by atoms with Crippen molar-refractivity contribution >= 4 is 44.8 Å². The Balaban J connectivity index is 0.950. The van der Waals surface area contributed by atoms with E-state index in [2.05, 4.69) is 25.3 Å². The number of piperidine rings is 1. The molecule has 2 aliphatic rings. The summed E-state index contributed by atoms with van der Waals surface area (Å²) >= 11 is 1.45. The summed E-state index contributed by atoms with van der Waals surface area (Å²) in [4.78, 5) is 40.7. The van der Waals surface area contributed by atoms with E-state index in [4.69, 9.17) is 10.5 Å². The Morgan fingerprint density at radius 1 is 1.04 bits per heavy atom.